The standard InChI is InChI=1S/C13H14BrN3O2/c14-10-3-1-9(2-4-10)7-12-16-13(19-17-12)11-8-18-6-5-15-11/h1-4,11,15H,5-8H2. The van der Waals surface area contributed by atoms with E-state index in [0.717, 1.165) is 23.2 Å². The molecular weight excluding hydrogens is 310 g/mol. The highest BCUT2D eigenvalue weighted by molar-refractivity contribution is 9.10. The molecule has 5 nitrogen and oxygen atoms in total. The van der Waals surface area contributed by atoms with Crippen LogP contribution in [0.5, 0.6) is 0 Å². The highest BCUT2D eigenvalue weighted by Gasteiger charge is 2.21. The van der Waals surface area contributed by atoms with E-state index in [2.05, 4.69) is 31.4 Å². The summed E-state index contributed by atoms with van der Waals surface area (Å²) < 4.78 is 11.7. The molecule has 1 atom stereocenters. The van der Waals surface area contributed by atoms with Crippen LogP contribution in [0.4, 0.5) is 0 Å². The third-order valence-electron chi connectivity index (χ3n) is 2.98. The molecule has 0 amide bonds. The highest BCUT2D eigenvalue weighted by Crippen LogP contribution is 2.16. The fourth-order valence-corrected chi connectivity index (χ4v) is 2.25. The number of hydrogen-bond donors (Lipinski definition) is 1. The molecule has 1 aliphatic heterocycles. The summed E-state index contributed by atoms with van der Waals surface area (Å²) in [5.41, 5.74) is 1.16. The SMILES string of the molecule is Brc1ccc(Cc2noc(C3COCCN3)n2)cc1. The van der Waals surface area contributed by atoms with Crippen LogP contribution in [0, 0.1) is 0 Å². The highest BCUT2D eigenvalue weighted by atomic mass is 79.9. The van der Waals surface area contributed by atoms with Gasteiger partial charge in [0.2, 0.25) is 5.89 Å². The summed E-state index contributed by atoms with van der Waals surface area (Å²) in [7, 11) is 0. The van der Waals surface area contributed by atoms with Crippen molar-refractivity contribution < 1.29 is 9.26 Å². The Morgan fingerprint density at radius 2 is 2.16 bits per heavy atom. The lowest BCUT2D eigenvalue weighted by molar-refractivity contribution is 0.0659. The van der Waals surface area contributed by atoms with Crippen molar-refractivity contribution in [2.75, 3.05) is 19.8 Å². The summed E-state index contributed by atoms with van der Waals surface area (Å²) in [5, 5.41) is 7.31. The predicted molar refractivity (Wildman–Crippen MR) is 72.8 cm³/mol. The molecule has 1 saturated heterocycles. The second-order valence-electron chi connectivity index (χ2n) is 4.43. The Bertz CT molecular complexity index is 535. The third-order valence-corrected chi connectivity index (χ3v) is 3.51. The minimum Gasteiger partial charge on any atom is -0.378 e. The fraction of sp³-hybridized carbons (Fsp3) is 0.385. The number of ether oxygens (including phenoxy) is 1. The zero-order valence-electron chi connectivity index (χ0n) is 10.3. The molecule has 0 saturated carbocycles. The number of halogens is 1. The molecule has 2 heterocycles. The van der Waals surface area contributed by atoms with Gasteiger partial charge >= 0.3 is 0 Å². The largest absolute Gasteiger partial charge is 0.378 e. The summed E-state index contributed by atoms with van der Waals surface area (Å²) in [6, 6.07) is 8.11. The van der Waals surface area contributed by atoms with Crippen LogP contribution >= 0.6 is 15.9 Å². The van der Waals surface area contributed by atoms with Crippen molar-refractivity contribution in [2.45, 2.75) is 12.5 Å². The average molecular weight is 324 g/mol. The second-order valence-corrected chi connectivity index (χ2v) is 5.35. The van der Waals surface area contributed by atoms with Crippen LogP contribution in [0.15, 0.2) is 33.3 Å². The molecule has 6 heteroatoms. The Morgan fingerprint density at radius 1 is 1.32 bits per heavy atom. The van der Waals surface area contributed by atoms with Crippen molar-refractivity contribution in [1.82, 2.24) is 15.5 Å². The molecule has 1 aliphatic rings. The van der Waals surface area contributed by atoms with E-state index in [1.165, 1.54) is 0 Å². The summed E-state index contributed by atoms with van der Waals surface area (Å²) in [6.07, 6.45) is 0.671. The molecule has 1 unspecified atom stereocenters. The smallest absolute Gasteiger partial charge is 0.246 e. The van der Waals surface area contributed by atoms with E-state index in [0.29, 0.717) is 24.7 Å². The van der Waals surface area contributed by atoms with Crippen LogP contribution in [0.1, 0.15) is 23.3 Å². The van der Waals surface area contributed by atoms with E-state index in [-0.39, 0.29) is 6.04 Å². The van der Waals surface area contributed by atoms with Gasteiger partial charge in [-0.2, -0.15) is 4.98 Å². The van der Waals surface area contributed by atoms with Gasteiger partial charge in [0.15, 0.2) is 5.82 Å². The Morgan fingerprint density at radius 3 is 2.89 bits per heavy atom. The summed E-state index contributed by atoms with van der Waals surface area (Å²) >= 11 is 3.42. The summed E-state index contributed by atoms with van der Waals surface area (Å²) in [6.45, 7) is 2.13. The molecule has 1 N–H and O–H groups in total. The van der Waals surface area contributed by atoms with E-state index in [1.807, 2.05) is 24.3 Å². The van der Waals surface area contributed by atoms with Gasteiger partial charge in [-0.1, -0.05) is 33.2 Å². The third kappa shape index (κ3) is 3.20. The molecule has 0 spiro atoms. The number of hydrogen-bond acceptors (Lipinski definition) is 5. The molecular formula is C13H14BrN3O2. The quantitative estimate of drug-likeness (QED) is 0.937. The first kappa shape index (κ1) is 12.8. The van der Waals surface area contributed by atoms with Crippen molar-refractivity contribution in [3.05, 3.63) is 46.0 Å². The molecule has 0 aliphatic carbocycles. The Labute approximate surface area is 119 Å². The maximum Gasteiger partial charge on any atom is 0.246 e. The molecule has 1 fully saturated rings. The lowest BCUT2D eigenvalue weighted by Gasteiger charge is -2.20. The molecule has 100 valence electrons. The Hall–Kier alpha value is -1.24. The minimum atomic E-state index is 0.0138. The van der Waals surface area contributed by atoms with Crippen LogP contribution in [0.3, 0.4) is 0 Å². The summed E-state index contributed by atoms with van der Waals surface area (Å²) in [4.78, 5) is 4.42. The lowest BCUT2D eigenvalue weighted by atomic mass is 10.1. The first-order valence-electron chi connectivity index (χ1n) is 6.19. The van der Waals surface area contributed by atoms with E-state index < -0.39 is 0 Å². The van der Waals surface area contributed by atoms with Gasteiger partial charge in [-0.05, 0) is 17.7 Å². The Balaban J connectivity index is 1.68. The predicted octanol–water partition coefficient (Wildman–Crippen LogP) is 2.08. The number of morpholine rings is 1. The van der Waals surface area contributed by atoms with Gasteiger partial charge in [0.25, 0.3) is 0 Å². The van der Waals surface area contributed by atoms with Crippen molar-refractivity contribution in [2.24, 2.45) is 0 Å². The van der Waals surface area contributed by atoms with E-state index in [4.69, 9.17) is 9.26 Å². The topological polar surface area (TPSA) is 60.2 Å². The molecule has 1 aromatic carbocycles. The van der Waals surface area contributed by atoms with Gasteiger partial charge in [0.05, 0.1) is 13.2 Å². The maximum atomic E-state index is 5.38. The van der Waals surface area contributed by atoms with Crippen LogP contribution in [0.25, 0.3) is 0 Å². The molecule has 19 heavy (non-hydrogen) atoms. The van der Waals surface area contributed by atoms with Crippen molar-refractivity contribution in [3.8, 4) is 0 Å². The lowest BCUT2D eigenvalue weighted by Crippen LogP contribution is -2.34. The van der Waals surface area contributed by atoms with Crippen molar-refractivity contribution >= 4 is 15.9 Å². The van der Waals surface area contributed by atoms with Gasteiger partial charge in [-0.25, -0.2) is 0 Å². The number of benzene rings is 1. The van der Waals surface area contributed by atoms with Gasteiger partial charge in [-0.3, -0.25) is 0 Å². The Kier molecular flexibility index (Phi) is 3.91. The fourth-order valence-electron chi connectivity index (χ4n) is 1.99. The number of rotatable bonds is 3. The van der Waals surface area contributed by atoms with E-state index >= 15 is 0 Å². The van der Waals surface area contributed by atoms with Gasteiger partial charge in [-0.15, -0.1) is 0 Å². The van der Waals surface area contributed by atoms with Gasteiger partial charge < -0.3 is 14.6 Å². The molecule has 3 rings (SSSR count). The zero-order chi connectivity index (χ0) is 13.1. The number of nitrogens with zero attached hydrogens (tertiary/aromatic N) is 2. The van der Waals surface area contributed by atoms with Crippen molar-refractivity contribution in [1.29, 1.82) is 0 Å². The van der Waals surface area contributed by atoms with Crippen LogP contribution in [0.2, 0.25) is 0 Å². The van der Waals surface area contributed by atoms with Crippen LogP contribution in [-0.2, 0) is 11.2 Å². The monoisotopic (exact) mass is 323 g/mol. The van der Waals surface area contributed by atoms with Crippen LogP contribution in [-0.4, -0.2) is 29.9 Å². The average Bonchev–Trinajstić information content (AvgIpc) is 2.91. The molecule has 1 aromatic heterocycles. The molecule has 0 bridgehead atoms. The maximum absolute atomic E-state index is 5.38. The normalized spacial score (nSPS) is 19.5. The van der Waals surface area contributed by atoms with Gasteiger partial charge in [0, 0.05) is 17.4 Å². The first-order valence-corrected chi connectivity index (χ1v) is 6.98. The zero-order valence-corrected chi connectivity index (χ0v) is 11.9. The van der Waals surface area contributed by atoms with Gasteiger partial charge in [0.1, 0.15) is 6.04 Å². The van der Waals surface area contributed by atoms with E-state index in [9.17, 15) is 0 Å². The first-order chi connectivity index (χ1) is 9.31. The second kappa shape index (κ2) is 5.81. The number of aromatic nitrogens is 2. The number of nitrogens with one attached hydrogen (secondary N) is 1. The molecule has 0 radical (unpaired) electrons. The van der Waals surface area contributed by atoms with Crippen LogP contribution < -0.4 is 5.32 Å². The summed E-state index contributed by atoms with van der Waals surface area (Å²) in [5.74, 6) is 1.30. The van der Waals surface area contributed by atoms with E-state index in [1.54, 1.807) is 0 Å². The minimum absolute atomic E-state index is 0.0138. The molecule has 2 aromatic rings. The van der Waals surface area contributed by atoms with Crippen molar-refractivity contribution in [3.63, 3.8) is 0 Å².